The van der Waals surface area contributed by atoms with E-state index in [-0.39, 0.29) is 16.8 Å². The van der Waals surface area contributed by atoms with Crippen molar-refractivity contribution in [3.63, 3.8) is 0 Å². The Morgan fingerprint density at radius 2 is 2.00 bits per heavy atom. The van der Waals surface area contributed by atoms with Crippen molar-refractivity contribution in [2.24, 2.45) is 0 Å². The number of rotatable bonds is 3. The second-order valence-corrected chi connectivity index (χ2v) is 4.12. The minimum absolute atomic E-state index is 0.0964. The molecule has 0 amide bonds. The van der Waals surface area contributed by atoms with Crippen LogP contribution in [0.1, 0.15) is 23.3 Å². The zero-order valence-electron chi connectivity index (χ0n) is 11.2. The van der Waals surface area contributed by atoms with Crippen LogP contribution in [0.3, 0.4) is 0 Å². The Hall–Kier alpha value is -2.64. The summed E-state index contributed by atoms with van der Waals surface area (Å²) in [7, 11) is 2.48. The number of hydrogen-bond acceptors (Lipinski definition) is 6. The molecular formula is C12H13N3O5. The molecule has 106 valence electrons. The molecule has 0 aromatic heterocycles. The first-order valence-corrected chi connectivity index (χ1v) is 5.75. The van der Waals surface area contributed by atoms with Gasteiger partial charge in [0.1, 0.15) is 17.3 Å². The average molecular weight is 279 g/mol. The third kappa shape index (κ3) is 2.15. The summed E-state index contributed by atoms with van der Waals surface area (Å²) in [4.78, 5) is 35.0. The molecule has 1 unspecified atom stereocenters. The van der Waals surface area contributed by atoms with E-state index in [9.17, 15) is 14.4 Å². The van der Waals surface area contributed by atoms with E-state index >= 15 is 0 Å². The number of aromatic nitrogens is 3. The highest BCUT2D eigenvalue weighted by atomic mass is 16.5. The summed E-state index contributed by atoms with van der Waals surface area (Å²) in [5.41, 5.74) is 0.0505. The van der Waals surface area contributed by atoms with Crippen molar-refractivity contribution >= 4 is 11.9 Å². The summed E-state index contributed by atoms with van der Waals surface area (Å²) >= 11 is 0. The highest BCUT2D eigenvalue weighted by molar-refractivity contribution is 5.96. The van der Waals surface area contributed by atoms with Crippen LogP contribution < -0.4 is 5.56 Å². The van der Waals surface area contributed by atoms with Crippen molar-refractivity contribution in [3.8, 4) is 11.3 Å². The van der Waals surface area contributed by atoms with Crippen LogP contribution in [0.25, 0.3) is 11.3 Å². The summed E-state index contributed by atoms with van der Waals surface area (Å²) in [5, 5.41) is 6.05. The Labute approximate surface area is 113 Å². The molecule has 20 heavy (non-hydrogen) atoms. The van der Waals surface area contributed by atoms with E-state index in [1.165, 1.54) is 31.2 Å². The predicted molar refractivity (Wildman–Crippen MR) is 67.5 cm³/mol. The van der Waals surface area contributed by atoms with E-state index in [0.717, 1.165) is 0 Å². The molecular weight excluding hydrogens is 266 g/mol. The Morgan fingerprint density at radius 1 is 1.30 bits per heavy atom. The number of nitrogens with zero attached hydrogens (tertiary/aromatic N) is 2. The quantitative estimate of drug-likeness (QED) is 0.805. The summed E-state index contributed by atoms with van der Waals surface area (Å²) in [6.45, 7) is 1.59. The van der Waals surface area contributed by atoms with Gasteiger partial charge in [0, 0.05) is 12.4 Å². The topological polar surface area (TPSA) is 103 Å². The minimum atomic E-state index is -0.692. The first-order chi connectivity index (χ1) is 9.49. The van der Waals surface area contributed by atoms with Gasteiger partial charge in [-0.15, -0.1) is 0 Å². The van der Waals surface area contributed by atoms with Crippen LogP contribution >= 0.6 is 0 Å². The Balaban J connectivity index is 2.65. The van der Waals surface area contributed by atoms with Crippen molar-refractivity contribution in [1.82, 2.24) is 14.8 Å². The second-order valence-electron chi connectivity index (χ2n) is 4.12. The van der Waals surface area contributed by atoms with Gasteiger partial charge < -0.3 is 14.0 Å². The number of fused-ring (bicyclic) bond motifs is 1. The van der Waals surface area contributed by atoms with Crippen LogP contribution in [0.4, 0.5) is 0 Å². The molecule has 0 saturated heterocycles. The lowest BCUT2D eigenvalue weighted by molar-refractivity contribution is -0.144. The smallest absolute Gasteiger partial charge is 0.341 e. The Bertz CT molecular complexity index is 687. The maximum absolute atomic E-state index is 11.7. The van der Waals surface area contributed by atoms with Crippen LogP contribution in [0, 0.1) is 0 Å². The molecule has 0 fully saturated rings. The number of carbonyl (C=O) groups excluding carboxylic acids is 2. The lowest BCUT2D eigenvalue weighted by Crippen LogP contribution is -2.20. The van der Waals surface area contributed by atoms with Crippen LogP contribution in [0.2, 0.25) is 0 Å². The van der Waals surface area contributed by atoms with Crippen molar-refractivity contribution in [1.29, 1.82) is 0 Å². The minimum Gasteiger partial charge on any atom is -0.467 e. The summed E-state index contributed by atoms with van der Waals surface area (Å²) < 4.78 is 10.7. The van der Waals surface area contributed by atoms with Crippen molar-refractivity contribution in [3.05, 3.63) is 28.3 Å². The molecule has 0 spiro atoms. The van der Waals surface area contributed by atoms with Crippen molar-refractivity contribution in [2.75, 3.05) is 14.2 Å². The number of esters is 2. The lowest BCUT2D eigenvalue weighted by atomic mass is 10.1. The number of nitrogens with one attached hydrogen (secondary N) is 1. The molecule has 2 aliphatic rings. The summed E-state index contributed by atoms with van der Waals surface area (Å²) in [6, 6.07) is -0.692. The normalized spacial score (nSPS) is 12.2. The molecule has 0 radical (unpaired) electrons. The summed E-state index contributed by atoms with van der Waals surface area (Å²) in [6.07, 6.45) is 2.84. The van der Waals surface area contributed by atoms with Gasteiger partial charge in [0.05, 0.1) is 19.8 Å². The molecule has 2 rings (SSSR count). The lowest BCUT2D eigenvalue weighted by Gasteiger charge is -2.16. The predicted octanol–water partition coefficient (Wildman–Crippen LogP) is 0.197. The van der Waals surface area contributed by atoms with Crippen LogP contribution in [-0.2, 0) is 14.3 Å². The van der Waals surface area contributed by atoms with E-state index in [2.05, 4.69) is 19.7 Å². The Morgan fingerprint density at radius 3 is 2.60 bits per heavy atom. The number of hydrogen-bond donors (Lipinski definition) is 1. The number of pyridine rings is 1. The molecule has 8 heteroatoms. The van der Waals surface area contributed by atoms with Gasteiger partial charge in [-0.3, -0.25) is 4.79 Å². The van der Waals surface area contributed by atoms with Gasteiger partial charge in [-0.25, -0.2) is 14.7 Å². The van der Waals surface area contributed by atoms with Gasteiger partial charge in [0.15, 0.2) is 0 Å². The Kier molecular flexibility index (Phi) is 3.55. The van der Waals surface area contributed by atoms with Gasteiger partial charge in [0.25, 0.3) is 5.56 Å². The van der Waals surface area contributed by atoms with E-state index in [1.54, 1.807) is 6.92 Å². The molecule has 0 aromatic carbocycles. The molecule has 2 heterocycles. The number of H-pyrrole nitrogens is 1. The monoisotopic (exact) mass is 279 g/mol. The van der Waals surface area contributed by atoms with Crippen LogP contribution in [-0.4, -0.2) is 40.9 Å². The fraction of sp³-hybridized carbons (Fsp3) is 0.333. The standard InChI is InChI=1S/C12H13N3O5/c1-6(11(17)19-2)15-4-7-9(13-14-10(7)16)8(5-15)12(18)20-3/h4-6H,1-3H3,(H,14,16). The fourth-order valence-electron chi connectivity index (χ4n) is 1.83. The van der Waals surface area contributed by atoms with Crippen LogP contribution in [0.5, 0.6) is 0 Å². The maximum Gasteiger partial charge on any atom is 0.341 e. The number of aromatic amines is 1. The average Bonchev–Trinajstić information content (AvgIpc) is 2.85. The van der Waals surface area contributed by atoms with Gasteiger partial charge in [-0.1, -0.05) is 0 Å². The van der Waals surface area contributed by atoms with E-state index < -0.39 is 23.5 Å². The zero-order valence-corrected chi connectivity index (χ0v) is 11.2. The second kappa shape index (κ2) is 5.16. The third-order valence-electron chi connectivity index (χ3n) is 2.98. The molecule has 2 aliphatic heterocycles. The van der Waals surface area contributed by atoms with Crippen molar-refractivity contribution in [2.45, 2.75) is 13.0 Å². The molecule has 0 saturated carbocycles. The molecule has 1 atom stereocenters. The molecule has 8 nitrogen and oxygen atoms in total. The third-order valence-corrected chi connectivity index (χ3v) is 2.98. The van der Waals surface area contributed by atoms with Gasteiger partial charge in [-0.05, 0) is 6.92 Å². The van der Waals surface area contributed by atoms with Gasteiger partial charge >= 0.3 is 11.9 Å². The maximum atomic E-state index is 11.7. The van der Waals surface area contributed by atoms with Gasteiger partial charge in [-0.2, -0.15) is 5.10 Å². The SMILES string of the molecule is COC(=O)c1cn(C(C)C(=O)OC)cc2c(=O)[nH]nc1-2. The largest absolute Gasteiger partial charge is 0.467 e. The van der Waals surface area contributed by atoms with Crippen LogP contribution in [0.15, 0.2) is 17.2 Å². The fourth-order valence-corrected chi connectivity index (χ4v) is 1.83. The van der Waals surface area contributed by atoms with Gasteiger partial charge in [0.2, 0.25) is 0 Å². The molecule has 0 bridgehead atoms. The number of methoxy groups -OCH3 is 2. The van der Waals surface area contributed by atoms with Crippen molar-refractivity contribution < 1.29 is 19.1 Å². The highest BCUT2D eigenvalue weighted by Crippen LogP contribution is 2.23. The molecule has 0 aromatic rings. The van der Waals surface area contributed by atoms with E-state index in [4.69, 9.17) is 0 Å². The first-order valence-electron chi connectivity index (χ1n) is 5.75. The first kappa shape index (κ1) is 13.8. The number of carbonyl (C=O) groups is 2. The molecule has 0 aliphatic carbocycles. The zero-order chi connectivity index (χ0) is 14.9. The van der Waals surface area contributed by atoms with E-state index in [0.29, 0.717) is 0 Å². The summed E-state index contributed by atoms with van der Waals surface area (Å²) in [5.74, 6) is -1.14. The highest BCUT2D eigenvalue weighted by Gasteiger charge is 2.24. The number of ether oxygens (including phenoxy) is 2. The van der Waals surface area contributed by atoms with E-state index in [1.807, 2.05) is 0 Å². The molecule has 1 N–H and O–H groups in total.